The summed E-state index contributed by atoms with van der Waals surface area (Å²) in [7, 11) is 0. The zero-order chi connectivity index (χ0) is 26.7. The van der Waals surface area contributed by atoms with Crippen molar-refractivity contribution in [1.82, 2.24) is 0 Å². The normalized spacial score (nSPS) is 15.2. The molecular weight excluding hydrogens is 466 g/mol. The first-order valence-electron chi connectivity index (χ1n) is 12.6. The van der Waals surface area contributed by atoms with Gasteiger partial charge in [-0.15, -0.1) is 0 Å². The van der Waals surface area contributed by atoms with Crippen molar-refractivity contribution in [3.63, 3.8) is 0 Å². The van der Waals surface area contributed by atoms with E-state index in [0.29, 0.717) is 22.9 Å². The number of aryl methyl sites for hydroxylation is 3. The zero-order valence-corrected chi connectivity index (χ0v) is 22.0. The second kappa shape index (κ2) is 11.0. The van der Waals surface area contributed by atoms with E-state index in [1.54, 1.807) is 17.0 Å². The van der Waals surface area contributed by atoms with Crippen molar-refractivity contribution in [1.29, 1.82) is 0 Å². The zero-order valence-electron chi connectivity index (χ0n) is 22.0. The summed E-state index contributed by atoms with van der Waals surface area (Å²) in [5.41, 5.74) is 5.53. The Kier molecular flexibility index (Phi) is 7.77. The van der Waals surface area contributed by atoms with E-state index in [2.05, 4.69) is 26.0 Å². The molecule has 1 amide bonds. The van der Waals surface area contributed by atoms with E-state index >= 15 is 0 Å². The van der Waals surface area contributed by atoms with Crippen LogP contribution in [0.3, 0.4) is 0 Å². The van der Waals surface area contributed by atoms with E-state index in [0.717, 1.165) is 28.0 Å². The molecular formula is C31H33NO5. The fraction of sp³-hybridized carbons (Fsp3) is 0.323. The number of nitrogens with zero attached hydrogens (tertiary/aromatic N) is 1. The van der Waals surface area contributed by atoms with Crippen molar-refractivity contribution in [2.24, 2.45) is 5.92 Å². The molecule has 0 bridgehead atoms. The molecule has 0 aromatic heterocycles. The Labute approximate surface area is 218 Å². The molecule has 3 aromatic rings. The maximum atomic E-state index is 12.7. The summed E-state index contributed by atoms with van der Waals surface area (Å²) >= 11 is 0. The first-order chi connectivity index (χ1) is 17.6. The number of rotatable bonds is 8. The van der Waals surface area contributed by atoms with Gasteiger partial charge in [0.25, 0.3) is 0 Å². The van der Waals surface area contributed by atoms with Gasteiger partial charge < -0.3 is 14.4 Å². The third kappa shape index (κ3) is 6.08. The molecule has 0 radical (unpaired) electrons. The van der Waals surface area contributed by atoms with E-state index in [9.17, 15) is 14.4 Å². The lowest BCUT2D eigenvalue weighted by Crippen LogP contribution is -2.27. The van der Waals surface area contributed by atoms with Crippen molar-refractivity contribution in [3.8, 4) is 11.5 Å². The van der Waals surface area contributed by atoms with Crippen LogP contribution in [0.5, 0.6) is 11.5 Å². The van der Waals surface area contributed by atoms with Crippen LogP contribution >= 0.6 is 0 Å². The molecule has 6 nitrogen and oxygen atoms in total. The molecule has 1 heterocycles. The lowest BCUT2D eigenvalue weighted by Gasteiger charge is -2.18. The largest absolute Gasteiger partial charge is 0.457 e. The molecule has 1 saturated heterocycles. The third-order valence-electron chi connectivity index (χ3n) is 6.80. The predicted octanol–water partition coefficient (Wildman–Crippen LogP) is 6.31. The molecule has 1 aliphatic rings. The smallest absolute Gasteiger partial charge is 0.311 e. The highest BCUT2D eigenvalue weighted by Gasteiger charge is 2.36. The Morgan fingerprint density at radius 3 is 2.35 bits per heavy atom. The number of anilines is 1. The van der Waals surface area contributed by atoms with Gasteiger partial charge in [-0.05, 0) is 85.3 Å². The van der Waals surface area contributed by atoms with Crippen LogP contribution in [0, 0.1) is 26.7 Å². The average molecular weight is 500 g/mol. The van der Waals surface area contributed by atoms with Crippen molar-refractivity contribution in [2.45, 2.75) is 47.0 Å². The fourth-order valence-electron chi connectivity index (χ4n) is 4.40. The van der Waals surface area contributed by atoms with E-state index in [1.165, 1.54) is 0 Å². The van der Waals surface area contributed by atoms with Gasteiger partial charge in [-0.25, -0.2) is 0 Å². The molecule has 6 heteroatoms. The van der Waals surface area contributed by atoms with E-state index in [4.69, 9.17) is 9.47 Å². The van der Waals surface area contributed by atoms with Gasteiger partial charge in [0.05, 0.1) is 5.92 Å². The molecule has 0 spiro atoms. The van der Waals surface area contributed by atoms with Crippen LogP contribution in [0.25, 0.3) is 0 Å². The number of amides is 1. The van der Waals surface area contributed by atoms with E-state index in [1.807, 2.05) is 57.2 Å². The van der Waals surface area contributed by atoms with Crippen molar-refractivity contribution in [3.05, 3.63) is 88.5 Å². The van der Waals surface area contributed by atoms with Crippen molar-refractivity contribution < 1.29 is 23.9 Å². The van der Waals surface area contributed by atoms with E-state index < -0.39 is 11.9 Å². The second-order valence-corrected chi connectivity index (χ2v) is 10.0. The number of esters is 1. The standard InChI is InChI=1S/C31H33NO5/c1-19(2)27-13-6-20(3)14-29(27)37-26-11-9-25(10-12-26)32-17-24(16-30(32)34)31(35)36-18-28(33)23-8-7-21(4)22(5)15-23/h6-15,19,24H,16-18H2,1-5H3/t24-/m1/s1. The van der Waals surface area contributed by atoms with Gasteiger partial charge in [-0.2, -0.15) is 0 Å². The quantitative estimate of drug-likeness (QED) is 0.268. The van der Waals surface area contributed by atoms with Gasteiger partial charge >= 0.3 is 5.97 Å². The molecule has 37 heavy (non-hydrogen) atoms. The predicted molar refractivity (Wildman–Crippen MR) is 143 cm³/mol. The number of Topliss-reactive ketones (excluding diaryl/α,β-unsaturated/α-hetero) is 1. The number of carbonyl (C=O) groups excluding carboxylic acids is 3. The summed E-state index contributed by atoms with van der Waals surface area (Å²) in [5, 5.41) is 0. The summed E-state index contributed by atoms with van der Waals surface area (Å²) in [6.45, 7) is 10.1. The number of ether oxygens (including phenoxy) is 2. The first-order valence-corrected chi connectivity index (χ1v) is 12.6. The van der Waals surface area contributed by atoms with E-state index in [-0.39, 0.29) is 31.3 Å². The molecule has 0 saturated carbocycles. The summed E-state index contributed by atoms with van der Waals surface area (Å²) in [4.78, 5) is 39.3. The number of benzene rings is 3. The summed E-state index contributed by atoms with van der Waals surface area (Å²) in [6, 6.07) is 18.9. The number of hydrogen-bond acceptors (Lipinski definition) is 5. The molecule has 4 rings (SSSR count). The van der Waals surface area contributed by atoms with Gasteiger partial charge in [0.15, 0.2) is 12.4 Å². The highest BCUT2D eigenvalue weighted by molar-refractivity contribution is 6.01. The number of ketones is 1. The number of hydrogen-bond donors (Lipinski definition) is 0. The summed E-state index contributed by atoms with van der Waals surface area (Å²) < 4.78 is 11.4. The molecule has 0 N–H and O–H groups in total. The molecule has 0 aliphatic carbocycles. The van der Waals surface area contributed by atoms with Crippen LogP contribution in [0.4, 0.5) is 5.69 Å². The Morgan fingerprint density at radius 2 is 1.68 bits per heavy atom. The summed E-state index contributed by atoms with van der Waals surface area (Å²) in [5.74, 6) is 0.247. The maximum Gasteiger partial charge on any atom is 0.311 e. The molecule has 192 valence electrons. The molecule has 1 atom stereocenters. The van der Waals surface area contributed by atoms with Crippen LogP contribution in [0.15, 0.2) is 60.7 Å². The molecule has 3 aromatic carbocycles. The van der Waals surface area contributed by atoms with Gasteiger partial charge in [-0.1, -0.05) is 38.1 Å². The van der Waals surface area contributed by atoms with Crippen LogP contribution in [0.1, 0.15) is 58.8 Å². The minimum Gasteiger partial charge on any atom is -0.457 e. The SMILES string of the molecule is Cc1ccc(C(C)C)c(Oc2ccc(N3C[C@H](C(=O)OCC(=O)c4ccc(C)c(C)c4)CC3=O)cc2)c1. The van der Waals surface area contributed by atoms with Gasteiger partial charge in [0, 0.05) is 24.2 Å². The third-order valence-corrected chi connectivity index (χ3v) is 6.80. The highest BCUT2D eigenvalue weighted by atomic mass is 16.5. The topological polar surface area (TPSA) is 72.9 Å². The van der Waals surface area contributed by atoms with Crippen LogP contribution in [-0.2, 0) is 14.3 Å². The van der Waals surface area contributed by atoms with Crippen LogP contribution in [-0.4, -0.2) is 30.8 Å². The van der Waals surface area contributed by atoms with Crippen molar-refractivity contribution in [2.75, 3.05) is 18.1 Å². The lowest BCUT2D eigenvalue weighted by molar-refractivity contribution is -0.147. The molecule has 1 fully saturated rings. The minimum absolute atomic E-state index is 0.0515. The van der Waals surface area contributed by atoms with Gasteiger partial charge in [0.2, 0.25) is 5.91 Å². The average Bonchev–Trinajstić information content (AvgIpc) is 3.26. The molecule has 0 unspecified atom stereocenters. The Bertz CT molecular complexity index is 1330. The second-order valence-electron chi connectivity index (χ2n) is 10.0. The van der Waals surface area contributed by atoms with Gasteiger partial charge in [0.1, 0.15) is 11.5 Å². The lowest BCUT2D eigenvalue weighted by atomic mass is 10.0. The Balaban J connectivity index is 1.36. The monoisotopic (exact) mass is 499 g/mol. The van der Waals surface area contributed by atoms with Gasteiger partial charge in [-0.3, -0.25) is 14.4 Å². The summed E-state index contributed by atoms with van der Waals surface area (Å²) in [6.07, 6.45) is 0.0515. The minimum atomic E-state index is -0.614. The maximum absolute atomic E-state index is 12.7. The highest BCUT2D eigenvalue weighted by Crippen LogP contribution is 2.33. The Morgan fingerprint density at radius 1 is 0.946 bits per heavy atom. The first kappa shape index (κ1) is 26.1. The van der Waals surface area contributed by atoms with Crippen LogP contribution in [0.2, 0.25) is 0 Å². The van der Waals surface area contributed by atoms with Crippen LogP contribution < -0.4 is 9.64 Å². The van der Waals surface area contributed by atoms with Crippen molar-refractivity contribution >= 4 is 23.3 Å². The fourth-order valence-corrected chi connectivity index (χ4v) is 4.40. The molecule has 1 aliphatic heterocycles. The number of carbonyl (C=O) groups is 3. The Hall–Kier alpha value is -3.93.